The summed E-state index contributed by atoms with van der Waals surface area (Å²) >= 11 is 0. The van der Waals surface area contributed by atoms with Crippen molar-refractivity contribution in [2.75, 3.05) is 19.6 Å². The van der Waals surface area contributed by atoms with Gasteiger partial charge >= 0.3 is 12.0 Å². The highest BCUT2D eigenvalue weighted by molar-refractivity contribution is 5.75. The van der Waals surface area contributed by atoms with E-state index in [0.717, 1.165) is 19.4 Å². The minimum atomic E-state index is -0.738. The van der Waals surface area contributed by atoms with Crippen molar-refractivity contribution < 1.29 is 14.7 Å². The molecule has 0 aliphatic carbocycles. The fraction of sp³-hybridized carbons (Fsp3) is 0.867. The zero-order chi connectivity index (χ0) is 15.3. The summed E-state index contributed by atoms with van der Waals surface area (Å²) in [4.78, 5) is 27.0. The number of hydrogen-bond acceptors (Lipinski definition) is 2. The van der Waals surface area contributed by atoms with Crippen molar-refractivity contribution in [2.45, 2.75) is 53.0 Å². The molecule has 1 saturated heterocycles. The Morgan fingerprint density at radius 2 is 1.75 bits per heavy atom. The highest BCUT2D eigenvalue weighted by Crippen LogP contribution is 2.22. The van der Waals surface area contributed by atoms with Gasteiger partial charge in [0.2, 0.25) is 0 Å². The number of carboxylic acids is 1. The van der Waals surface area contributed by atoms with Gasteiger partial charge in [0.1, 0.15) is 0 Å². The molecule has 1 fully saturated rings. The summed E-state index contributed by atoms with van der Waals surface area (Å²) in [6, 6.07) is 0.295. The fourth-order valence-electron chi connectivity index (χ4n) is 2.66. The Balaban J connectivity index is 2.53. The van der Waals surface area contributed by atoms with Crippen LogP contribution in [0.15, 0.2) is 0 Å². The molecule has 0 atom stereocenters. The van der Waals surface area contributed by atoms with Crippen molar-refractivity contribution in [3.05, 3.63) is 0 Å². The first-order chi connectivity index (χ1) is 9.31. The Bertz CT molecular complexity index is 334. The summed E-state index contributed by atoms with van der Waals surface area (Å²) in [5.74, 6) is -0.0709. The van der Waals surface area contributed by atoms with Gasteiger partial charge in [-0.05, 0) is 38.5 Å². The molecule has 1 N–H and O–H groups in total. The SMILES string of the molecule is CC(C)CN(C(=O)N1CCC(CC(=O)O)CC1)C(C)C. The maximum Gasteiger partial charge on any atom is 0.320 e. The quantitative estimate of drug-likeness (QED) is 0.844. The highest BCUT2D eigenvalue weighted by Gasteiger charge is 2.28. The smallest absolute Gasteiger partial charge is 0.320 e. The number of piperidine rings is 1. The Morgan fingerprint density at radius 3 is 2.15 bits per heavy atom. The largest absolute Gasteiger partial charge is 0.481 e. The zero-order valence-electron chi connectivity index (χ0n) is 13.1. The summed E-state index contributed by atoms with van der Waals surface area (Å²) in [6.45, 7) is 10.4. The lowest BCUT2D eigenvalue weighted by Crippen LogP contribution is -2.50. The lowest BCUT2D eigenvalue weighted by molar-refractivity contribution is -0.138. The van der Waals surface area contributed by atoms with Crippen LogP contribution in [0.1, 0.15) is 47.0 Å². The van der Waals surface area contributed by atoms with Gasteiger partial charge in [-0.25, -0.2) is 4.79 Å². The van der Waals surface area contributed by atoms with Crippen LogP contribution in [0.25, 0.3) is 0 Å². The van der Waals surface area contributed by atoms with Crippen molar-refractivity contribution in [1.29, 1.82) is 0 Å². The number of nitrogens with zero attached hydrogens (tertiary/aromatic N) is 2. The molecule has 1 aliphatic rings. The van der Waals surface area contributed by atoms with Crippen molar-refractivity contribution in [3.63, 3.8) is 0 Å². The van der Waals surface area contributed by atoms with Crippen molar-refractivity contribution in [3.8, 4) is 0 Å². The zero-order valence-corrected chi connectivity index (χ0v) is 13.1. The molecule has 0 bridgehead atoms. The maximum absolute atomic E-state index is 12.5. The standard InChI is InChI=1S/C15H28N2O3/c1-11(2)10-17(12(3)4)15(20)16-7-5-13(6-8-16)9-14(18)19/h11-13H,5-10H2,1-4H3,(H,18,19). The van der Waals surface area contributed by atoms with E-state index >= 15 is 0 Å². The second-order valence-corrected chi connectivity index (χ2v) is 6.45. The lowest BCUT2D eigenvalue weighted by Gasteiger charge is -2.37. The molecule has 0 aromatic heterocycles. The van der Waals surface area contributed by atoms with E-state index in [2.05, 4.69) is 13.8 Å². The second kappa shape index (κ2) is 7.50. The maximum atomic E-state index is 12.5. The van der Waals surface area contributed by atoms with Gasteiger partial charge in [0.05, 0.1) is 0 Å². The van der Waals surface area contributed by atoms with Gasteiger partial charge in [0, 0.05) is 32.1 Å². The van der Waals surface area contributed by atoms with E-state index in [0.29, 0.717) is 19.0 Å². The molecule has 20 heavy (non-hydrogen) atoms. The third-order valence-electron chi connectivity index (χ3n) is 3.78. The summed E-state index contributed by atoms with van der Waals surface area (Å²) in [6.07, 6.45) is 1.82. The van der Waals surface area contributed by atoms with Crippen LogP contribution in [0.2, 0.25) is 0 Å². The van der Waals surface area contributed by atoms with Crippen molar-refractivity contribution in [1.82, 2.24) is 9.80 Å². The number of aliphatic carboxylic acids is 1. The summed E-state index contributed by atoms with van der Waals surface area (Å²) in [7, 11) is 0. The molecule has 1 rings (SSSR count). The molecule has 0 saturated carbocycles. The van der Waals surface area contributed by atoms with E-state index in [1.54, 1.807) is 0 Å². The number of carboxylic acid groups (broad SMARTS) is 1. The number of rotatable bonds is 5. The number of likely N-dealkylation sites (tertiary alicyclic amines) is 1. The molecule has 0 aromatic rings. The summed E-state index contributed by atoms with van der Waals surface area (Å²) in [5, 5.41) is 8.81. The molecule has 0 radical (unpaired) electrons. The molecule has 116 valence electrons. The van der Waals surface area contributed by atoms with E-state index in [1.807, 2.05) is 23.6 Å². The van der Waals surface area contributed by atoms with Gasteiger partial charge in [-0.3, -0.25) is 4.79 Å². The third-order valence-corrected chi connectivity index (χ3v) is 3.78. The van der Waals surface area contributed by atoms with Crippen LogP contribution in [0.5, 0.6) is 0 Å². The average molecular weight is 284 g/mol. The van der Waals surface area contributed by atoms with Gasteiger partial charge < -0.3 is 14.9 Å². The van der Waals surface area contributed by atoms with Crippen molar-refractivity contribution >= 4 is 12.0 Å². The molecule has 5 nitrogen and oxygen atoms in total. The molecule has 0 aromatic carbocycles. The Hall–Kier alpha value is -1.26. The molecule has 1 aliphatic heterocycles. The predicted octanol–water partition coefficient (Wildman–Crippen LogP) is 2.66. The lowest BCUT2D eigenvalue weighted by atomic mass is 9.94. The van der Waals surface area contributed by atoms with Gasteiger partial charge in [-0.1, -0.05) is 13.8 Å². The van der Waals surface area contributed by atoms with Gasteiger partial charge in [0.25, 0.3) is 0 Å². The Morgan fingerprint density at radius 1 is 1.20 bits per heavy atom. The third kappa shape index (κ3) is 5.02. The van der Waals surface area contributed by atoms with E-state index < -0.39 is 5.97 Å². The summed E-state index contributed by atoms with van der Waals surface area (Å²) < 4.78 is 0. The monoisotopic (exact) mass is 284 g/mol. The molecule has 2 amide bonds. The van der Waals surface area contributed by atoms with E-state index in [1.165, 1.54) is 0 Å². The van der Waals surface area contributed by atoms with Gasteiger partial charge in [-0.2, -0.15) is 0 Å². The highest BCUT2D eigenvalue weighted by atomic mass is 16.4. The van der Waals surface area contributed by atoms with Crippen LogP contribution in [0.4, 0.5) is 4.79 Å². The number of carbonyl (C=O) groups is 2. The van der Waals surface area contributed by atoms with Crippen LogP contribution >= 0.6 is 0 Å². The van der Waals surface area contributed by atoms with E-state index in [-0.39, 0.29) is 24.4 Å². The summed E-state index contributed by atoms with van der Waals surface area (Å²) in [5.41, 5.74) is 0. The van der Waals surface area contributed by atoms with Crippen LogP contribution in [-0.4, -0.2) is 52.6 Å². The van der Waals surface area contributed by atoms with Crippen LogP contribution in [-0.2, 0) is 4.79 Å². The number of urea groups is 1. The van der Waals surface area contributed by atoms with Gasteiger partial charge in [0.15, 0.2) is 0 Å². The fourth-order valence-corrected chi connectivity index (χ4v) is 2.66. The first-order valence-electron chi connectivity index (χ1n) is 7.58. The molecular formula is C15H28N2O3. The van der Waals surface area contributed by atoms with Crippen LogP contribution < -0.4 is 0 Å². The minimum absolute atomic E-state index is 0.0995. The van der Waals surface area contributed by atoms with E-state index in [4.69, 9.17) is 5.11 Å². The van der Waals surface area contributed by atoms with Crippen LogP contribution in [0, 0.1) is 11.8 Å². The first kappa shape index (κ1) is 16.8. The number of carbonyl (C=O) groups excluding carboxylic acids is 1. The first-order valence-corrected chi connectivity index (χ1v) is 7.58. The number of amides is 2. The Labute approximate surface area is 121 Å². The minimum Gasteiger partial charge on any atom is -0.481 e. The van der Waals surface area contributed by atoms with Gasteiger partial charge in [-0.15, -0.1) is 0 Å². The molecular weight excluding hydrogens is 256 g/mol. The predicted molar refractivity (Wildman–Crippen MR) is 78.6 cm³/mol. The number of hydrogen-bond donors (Lipinski definition) is 1. The molecule has 0 unspecified atom stereocenters. The molecule has 1 heterocycles. The van der Waals surface area contributed by atoms with E-state index in [9.17, 15) is 9.59 Å². The topological polar surface area (TPSA) is 60.9 Å². The molecule has 0 spiro atoms. The second-order valence-electron chi connectivity index (χ2n) is 6.45. The Kier molecular flexibility index (Phi) is 6.30. The van der Waals surface area contributed by atoms with Crippen LogP contribution in [0.3, 0.4) is 0 Å². The average Bonchev–Trinajstić information content (AvgIpc) is 2.35. The normalized spacial score (nSPS) is 16.8. The van der Waals surface area contributed by atoms with Crippen molar-refractivity contribution in [2.24, 2.45) is 11.8 Å². The molecule has 5 heteroatoms.